The number of aryl methyl sites for hydroxylation is 2. The minimum atomic E-state index is -0.408. The smallest absolute Gasteiger partial charge is 0.228 e. The van der Waals surface area contributed by atoms with Crippen molar-refractivity contribution in [3.8, 4) is 6.07 Å². The lowest BCUT2D eigenvalue weighted by Crippen LogP contribution is -2.24. The van der Waals surface area contributed by atoms with Gasteiger partial charge in [0.15, 0.2) is 5.84 Å². The number of rotatable bonds is 3. The number of nitriles is 1. The summed E-state index contributed by atoms with van der Waals surface area (Å²) in [6, 6.07) is 15.2. The van der Waals surface area contributed by atoms with E-state index in [-0.39, 0.29) is 11.6 Å². The van der Waals surface area contributed by atoms with Gasteiger partial charge in [0.2, 0.25) is 11.6 Å². The largest absolute Gasteiger partial charge is 0.382 e. The summed E-state index contributed by atoms with van der Waals surface area (Å²) < 4.78 is 0. The Kier molecular flexibility index (Phi) is 4.67. The molecule has 26 heavy (non-hydrogen) atoms. The highest BCUT2D eigenvalue weighted by Crippen LogP contribution is 2.37. The number of carbonyl (C=O) groups is 1. The second-order valence-electron chi connectivity index (χ2n) is 5.92. The molecule has 130 valence electrons. The third kappa shape index (κ3) is 3.26. The van der Waals surface area contributed by atoms with Gasteiger partial charge in [-0.1, -0.05) is 24.3 Å². The maximum Gasteiger partial charge on any atom is 0.228 e. The summed E-state index contributed by atoms with van der Waals surface area (Å²) in [6.07, 6.45) is 1.66. The van der Waals surface area contributed by atoms with Crippen LogP contribution in [0.3, 0.4) is 0 Å². The lowest BCUT2D eigenvalue weighted by atomic mass is 10.0. The molecule has 0 bridgehead atoms. The van der Waals surface area contributed by atoms with Gasteiger partial charge in [0, 0.05) is 6.92 Å². The number of nitrogens with one attached hydrogen (secondary N) is 2. The molecule has 7 heteroatoms. The average molecular weight is 346 g/mol. The van der Waals surface area contributed by atoms with Crippen molar-refractivity contribution in [1.82, 2.24) is 0 Å². The number of fused-ring (bicyclic) bond motifs is 2. The van der Waals surface area contributed by atoms with Gasteiger partial charge >= 0.3 is 0 Å². The van der Waals surface area contributed by atoms with E-state index in [1.54, 1.807) is 11.0 Å². The lowest BCUT2D eigenvalue weighted by molar-refractivity contribution is -0.115. The van der Waals surface area contributed by atoms with E-state index in [2.05, 4.69) is 10.5 Å². The van der Waals surface area contributed by atoms with Crippen LogP contribution >= 0.6 is 0 Å². The van der Waals surface area contributed by atoms with Crippen LogP contribution in [0.1, 0.15) is 18.1 Å². The highest BCUT2D eigenvalue weighted by atomic mass is 16.2. The molecule has 0 spiro atoms. The van der Waals surface area contributed by atoms with E-state index in [1.165, 1.54) is 6.92 Å². The molecule has 2 aromatic rings. The van der Waals surface area contributed by atoms with Gasteiger partial charge in [0.25, 0.3) is 0 Å². The Bertz CT molecular complexity index is 957. The summed E-state index contributed by atoms with van der Waals surface area (Å²) in [5.74, 6) is -0.489. The molecular weight excluding hydrogens is 328 g/mol. The number of carbonyl (C=O) groups excluding carboxylic acids is 1. The number of nitrogens with two attached hydrogens (primary N) is 1. The highest BCUT2D eigenvalue weighted by molar-refractivity contribution is 6.45. The first-order valence-corrected chi connectivity index (χ1v) is 8.11. The van der Waals surface area contributed by atoms with Crippen LogP contribution in [-0.4, -0.2) is 17.5 Å². The fourth-order valence-corrected chi connectivity index (χ4v) is 3.00. The molecule has 0 aliphatic carbocycles. The van der Waals surface area contributed by atoms with Crippen molar-refractivity contribution < 1.29 is 4.79 Å². The number of amides is 1. The zero-order valence-corrected chi connectivity index (χ0v) is 14.3. The van der Waals surface area contributed by atoms with Gasteiger partial charge in [0.05, 0.1) is 17.1 Å². The van der Waals surface area contributed by atoms with E-state index in [1.807, 2.05) is 42.5 Å². The summed E-state index contributed by atoms with van der Waals surface area (Å²) in [5, 5.41) is 20.1. The zero-order chi connectivity index (χ0) is 18.7. The van der Waals surface area contributed by atoms with Crippen LogP contribution in [0.2, 0.25) is 0 Å². The lowest BCUT2D eigenvalue weighted by Gasteiger charge is -2.24. The normalized spacial score (nSPS) is 13.1. The molecule has 3 rings (SSSR count). The van der Waals surface area contributed by atoms with Gasteiger partial charge in [-0.05, 0) is 42.2 Å². The molecule has 7 nitrogen and oxygen atoms in total. The SMILES string of the molecule is CC(=O)N1c2ccccc2CCc2ccc(N/N=C(\C#N)C(=N)N)cc21. The minimum absolute atomic E-state index is 0.0808. The van der Waals surface area contributed by atoms with Crippen molar-refractivity contribution in [3.63, 3.8) is 0 Å². The summed E-state index contributed by atoms with van der Waals surface area (Å²) in [4.78, 5) is 14.1. The molecule has 2 aromatic carbocycles. The van der Waals surface area contributed by atoms with Gasteiger partial charge in [-0.3, -0.25) is 20.5 Å². The maximum absolute atomic E-state index is 12.4. The Morgan fingerprint density at radius 1 is 1.23 bits per heavy atom. The van der Waals surface area contributed by atoms with Crippen LogP contribution in [0, 0.1) is 16.7 Å². The Morgan fingerprint density at radius 2 is 1.92 bits per heavy atom. The maximum atomic E-state index is 12.4. The molecule has 0 aromatic heterocycles. The summed E-state index contributed by atoms with van der Waals surface area (Å²) in [7, 11) is 0. The van der Waals surface area contributed by atoms with Crippen LogP contribution in [-0.2, 0) is 17.6 Å². The summed E-state index contributed by atoms with van der Waals surface area (Å²) in [5.41, 5.74) is 12.3. The van der Waals surface area contributed by atoms with Gasteiger partial charge in [-0.2, -0.15) is 10.4 Å². The van der Waals surface area contributed by atoms with Crippen molar-refractivity contribution >= 4 is 34.5 Å². The molecule has 0 atom stereocenters. The van der Waals surface area contributed by atoms with Crippen LogP contribution in [0.5, 0.6) is 0 Å². The van der Waals surface area contributed by atoms with Crippen molar-refractivity contribution in [2.24, 2.45) is 10.8 Å². The van der Waals surface area contributed by atoms with Crippen LogP contribution in [0.25, 0.3) is 0 Å². The van der Waals surface area contributed by atoms with Crippen molar-refractivity contribution in [2.75, 3.05) is 10.3 Å². The molecule has 1 aliphatic heterocycles. The number of hydrogen-bond donors (Lipinski definition) is 3. The van der Waals surface area contributed by atoms with Crippen molar-refractivity contribution in [1.29, 1.82) is 10.7 Å². The zero-order valence-electron chi connectivity index (χ0n) is 14.3. The Labute approximate surface area is 151 Å². The molecule has 0 fully saturated rings. The molecule has 0 radical (unpaired) electrons. The van der Waals surface area contributed by atoms with E-state index < -0.39 is 5.84 Å². The van der Waals surface area contributed by atoms with Gasteiger partial charge in [0.1, 0.15) is 6.07 Å². The van der Waals surface area contributed by atoms with Crippen LogP contribution in [0.15, 0.2) is 47.6 Å². The summed E-state index contributed by atoms with van der Waals surface area (Å²) in [6.45, 7) is 1.54. The minimum Gasteiger partial charge on any atom is -0.382 e. The Hall–Kier alpha value is -3.66. The first-order valence-electron chi connectivity index (χ1n) is 8.11. The van der Waals surface area contributed by atoms with Crippen molar-refractivity contribution in [2.45, 2.75) is 19.8 Å². The molecule has 1 heterocycles. The van der Waals surface area contributed by atoms with E-state index >= 15 is 0 Å². The Balaban J connectivity index is 2.04. The standard InChI is InChI=1S/C19H18N6O/c1-12(26)25-17-5-3-2-4-13(17)6-7-14-8-9-15(10-18(14)25)23-24-16(11-20)19(21)22/h2-5,8-10,23H,6-7H2,1H3,(H3,21,22)/b24-16+. The number of hydrogen-bond acceptors (Lipinski definition) is 5. The van der Waals surface area contributed by atoms with Gasteiger partial charge in [-0.25, -0.2) is 0 Å². The predicted octanol–water partition coefficient (Wildman–Crippen LogP) is 2.70. The second kappa shape index (κ2) is 7.07. The molecule has 0 saturated carbocycles. The van der Waals surface area contributed by atoms with E-state index in [9.17, 15) is 4.79 Å². The average Bonchev–Trinajstić information content (AvgIpc) is 2.78. The fourth-order valence-electron chi connectivity index (χ4n) is 3.00. The number of benzene rings is 2. The molecule has 1 aliphatic rings. The van der Waals surface area contributed by atoms with E-state index in [0.717, 1.165) is 35.3 Å². The van der Waals surface area contributed by atoms with E-state index in [4.69, 9.17) is 16.4 Å². The fraction of sp³-hybridized carbons (Fsp3) is 0.158. The molecule has 0 unspecified atom stereocenters. The van der Waals surface area contributed by atoms with E-state index in [0.29, 0.717) is 5.69 Å². The molecule has 0 saturated heterocycles. The first kappa shape index (κ1) is 17.2. The quantitative estimate of drug-likeness (QED) is 0.450. The summed E-state index contributed by atoms with van der Waals surface area (Å²) >= 11 is 0. The number of amidine groups is 1. The van der Waals surface area contributed by atoms with Crippen LogP contribution in [0.4, 0.5) is 17.1 Å². The van der Waals surface area contributed by atoms with Gasteiger partial charge in [-0.15, -0.1) is 0 Å². The third-order valence-electron chi connectivity index (χ3n) is 4.20. The number of anilines is 3. The topological polar surface area (TPSA) is 118 Å². The first-order chi connectivity index (χ1) is 12.5. The molecule has 4 N–H and O–H groups in total. The number of para-hydroxylation sites is 1. The number of nitrogens with zero attached hydrogens (tertiary/aromatic N) is 3. The van der Waals surface area contributed by atoms with Crippen LogP contribution < -0.4 is 16.1 Å². The molecule has 1 amide bonds. The predicted molar refractivity (Wildman–Crippen MR) is 102 cm³/mol. The monoisotopic (exact) mass is 346 g/mol. The van der Waals surface area contributed by atoms with Crippen molar-refractivity contribution in [3.05, 3.63) is 53.6 Å². The number of hydrazone groups is 1. The second-order valence-corrected chi connectivity index (χ2v) is 5.92. The third-order valence-corrected chi connectivity index (χ3v) is 4.20. The molecular formula is C19H18N6O. The van der Waals surface area contributed by atoms with Gasteiger partial charge < -0.3 is 5.73 Å². The Morgan fingerprint density at radius 3 is 2.58 bits per heavy atom. The highest BCUT2D eigenvalue weighted by Gasteiger charge is 2.23.